The minimum absolute atomic E-state index is 0. The molecule has 2 N–H and O–H groups in total. The Morgan fingerprint density at radius 2 is 2.44 bits per heavy atom. The van der Waals surface area contributed by atoms with Crippen LogP contribution in [0.5, 0.6) is 0 Å². The van der Waals surface area contributed by atoms with E-state index in [0.717, 1.165) is 17.8 Å². The molecule has 1 atom stereocenters. The van der Waals surface area contributed by atoms with E-state index in [0.29, 0.717) is 12.1 Å². The molecule has 0 radical (unpaired) electrons. The Labute approximate surface area is 104 Å². The van der Waals surface area contributed by atoms with Gasteiger partial charge in [0.15, 0.2) is 0 Å². The van der Waals surface area contributed by atoms with Crippen LogP contribution in [0.3, 0.4) is 0 Å². The lowest BCUT2D eigenvalue weighted by molar-refractivity contribution is -0.129. The van der Waals surface area contributed by atoms with Crippen molar-refractivity contribution in [2.24, 2.45) is 5.73 Å². The quantitative estimate of drug-likeness (QED) is 0.863. The van der Waals surface area contributed by atoms with E-state index in [2.05, 4.69) is 6.07 Å². The number of hydrogen-bond acceptors (Lipinski definition) is 4. The summed E-state index contributed by atoms with van der Waals surface area (Å²) in [4.78, 5) is 14.3. The first-order chi connectivity index (χ1) is 7.20. The number of amides is 1. The van der Waals surface area contributed by atoms with Crippen LogP contribution in [-0.2, 0) is 11.3 Å². The molecule has 0 bridgehead atoms. The van der Waals surface area contributed by atoms with Gasteiger partial charge in [0.25, 0.3) is 0 Å². The lowest BCUT2D eigenvalue weighted by atomic mass is 10.3. The van der Waals surface area contributed by atoms with Gasteiger partial charge >= 0.3 is 0 Å². The summed E-state index contributed by atoms with van der Waals surface area (Å²) in [5.74, 6) is 0.0157. The van der Waals surface area contributed by atoms with Crippen LogP contribution in [0, 0.1) is 11.3 Å². The van der Waals surface area contributed by atoms with Crippen LogP contribution in [0.25, 0.3) is 0 Å². The number of carbonyl (C=O) groups excluding carboxylic acids is 1. The summed E-state index contributed by atoms with van der Waals surface area (Å²) < 4.78 is 0. The highest BCUT2D eigenvalue weighted by Crippen LogP contribution is 2.19. The van der Waals surface area contributed by atoms with Crippen molar-refractivity contribution >= 4 is 29.7 Å². The first-order valence-electron chi connectivity index (χ1n) is 4.72. The van der Waals surface area contributed by atoms with Crippen LogP contribution in [0.1, 0.15) is 16.9 Å². The van der Waals surface area contributed by atoms with Gasteiger partial charge in [0.05, 0.1) is 18.2 Å². The molecular formula is C10H12ClN3OS. The Morgan fingerprint density at radius 3 is 2.94 bits per heavy atom. The number of likely N-dealkylation sites (tertiary alicyclic amines) is 1. The number of rotatable bonds is 2. The summed E-state index contributed by atoms with van der Waals surface area (Å²) in [6.45, 7) is 1.30. The molecule has 86 valence electrons. The van der Waals surface area contributed by atoms with Crippen molar-refractivity contribution < 1.29 is 4.79 Å². The standard InChI is InChI=1S/C10H11N3OS.ClH/c11-4-7-3-8(15-6-7)5-13-2-1-9(12)10(13)14;/h3,6,9H,1-2,5,12H2;1H. The highest BCUT2D eigenvalue weighted by atomic mass is 35.5. The predicted octanol–water partition coefficient (Wildman–Crippen LogP) is 1.10. The third-order valence-corrected chi connectivity index (χ3v) is 3.39. The lowest BCUT2D eigenvalue weighted by Gasteiger charge is -2.14. The smallest absolute Gasteiger partial charge is 0.239 e. The van der Waals surface area contributed by atoms with E-state index < -0.39 is 0 Å². The van der Waals surface area contributed by atoms with Crippen molar-refractivity contribution in [2.75, 3.05) is 6.54 Å². The zero-order chi connectivity index (χ0) is 10.8. The molecule has 1 aliphatic rings. The average Bonchev–Trinajstić information content (AvgIpc) is 2.80. The maximum Gasteiger partial charge on any atom is 0.239 e. The molecule has 1 aromatic rings. The molecule has 1 saturated heterocycles. The van der Waals surface area contributed by atoms with Crippen LogP contribution < -0.4 is 5.73 Å². The van der Waals surface area contributed by atoms with Crippen LogP contribution in [0.4, 0.5) is 0 Å². The average molecular weight is 258 g/mol. The molecule has 1 aromatic heterocycles. The van der Waals surface area contributed by atoms with Crippen molar-refractivity contribution in [3.63, 3.8) is 0 Å². The third-order valence-electron chi connectivity index (χ3n) is 2.47. The van der Waals surface area contributed by atoms with Crippen LogP contribution in [-0.4, -0.2) is 23.4 Å². The van der Waals surface area contributed by atoms with Crippen LogP contribution >= 0.6 is 23.7 Å². The Hall–Kier alpha value is -1.09. The zero-order valence-corrected chi connectivity index (χ0v) is 10.2. The second-order valence-corrected chi connectivity index (χ2v) is 4.56. The molecule has 1 fully saturated rings. The zero-order valence-electron chi connectivity index (χ0n) is 8.55. The summed E-state index contributed by atoms with van der Waals surface area (Å²) in [6.07, 6.45) is 0.731. The summed E-state index contributed by atoms with van der Waals surface area (Å²) >= 11 is 1.51. The number of carbonyl (C=O) groups is 1. The molecule has 2 heterocycles. The summed E-state index contributed by atoms with van der Waals surface area (Å²) in [5.41, 5.74) is 6.27. The first-order valence-corrected chi connectivity index (χ1v) is 5.60. The molecule has 0 aromatic carbocycles. The van der Waals surface area contributed by atoms with E-state index >= 15 is 0 Å². The van der Waals surface area contributed by atoms with E-state index in [-0.39, 0.29) is 24.4 Å². The van der Waals surface area contributed by atoms with Gasteiger partial charge < -0.3 is 10.6 Å². The predicted molar refractivity (Wildman–Crippen MR) is 64.3 cm³/mol. The maximum absolute atomic E-state index is 11.5. The van der Waals surface area contributed by atoms with Gasteiger partial charge in [-0.2, -0.15) is 5.26 Å². The van der Waals surface area contributed by atoms with Crippen molar-refractivity contribution in [1.82, 2.24) is 4.90 Å². The largest absolute Gasteiger partial charge is 0.336 e. The molecule has 0 saturated carbocycles. The van der Waals surface area contributed by atoms with Gasteiger partial charge in [0, 0.05) is 16.8 Å². The van der Waals surface area contributed by atoms with Gasteiger partial charge in [-0.05, 0) is 12.5 Å². The van der Waals surface area contributed by atoms with Crippen LogP contribution in [0.2, 0.25) is 0 Å². The molecule has 6 heteroatoms. The lowest BCUT2D eigenvalue weighted by Crippen LogP contribution is -2.33. The fourth-order valence-electron chi connectivity index (χ4n) is 1.63. The molecule has 0 spiro atoms. The normalized spacial score (nSPS) is 19.4. The van der Waals surface area contributed by atoms with E-state index in [9.17, 15) is 4.79 Å². The number of thiophene rings is 1. The monoisotopic (exact) mass is 257 g/mol. The Bertz CT molecular complexity index is 426. The second kappa shape index (κ2) is 5.30. The van der Waals surface area contributed by atoms with Crippen molar-refractivity contribution in [2.45, 2.75) is 19.0 Å². The molecule has 1 amide bonds. The SMILES string of the molecule is Cl.N#Cc1csc(CN2CCC(N)C2=O)c1. The van der Waals surface area contributed by atoms with E-state index in [1.54, 1.807) is 10.3 Å². The first kappa shape index (κ1) is 13.0. The Morgan fingerprint density at radius 1 is 1.69 bits per heavy atom. The fraction of sp³-hybridized carbons (Fsp3) is 0.400. The molecule has 1 aliphatic heterocycles. The minimum atomic E-state index is -0.333. The molecule has 16 heavy (non-hydrogen) atoms. The third kappa shape index (κ3) is 2.53. The van der Waals surface area contributed by atoms with Crippen LogP contribution in [0.15, 0.2) is 11.4 Å². The van der Waals surface area contributed by atoms with E-state index in [4.69, 9.17) is 11.0 Å². The Balaban J connectivity index is 0.00000128. The molecule has 2 rings (SSSR count). The summed E-state index contributed by atoms with van der Waals surface area (Å²) in [5, 5.41) is 10.5. The van der Waals surface area contributed by atoms with E-state index in [1.807, 2.05) is 6.07 Å². The van der Waals surface area contributed by atoms with Gasteiger partial charge in [-0.3, -0.25) is 4.79 Å². The number of halogens is 1. The maximum atomic E-state index is 11.5. The highest BCUT2D eigenvalue weighted by Gasteiger charge is 2.28. The van der Waals surface area contributed by atoms with Crippen molar-refractivity contribution in [3.05, 3.63) is 21.9 Å². The molecular weight excluding hydrogens is 246 g/mol. The second-order valence-electron chi connectivity index (χ2n) is 3.57. The van der Waals surface area contributed by atoms with Crippen molar-refractivity contribution in [3.8, 4) is 6.07 Å². The van der Waals surface area contributed by atoms with Gasteiger partial charge in [-0.1, -0.05) is 0 Å². The number of nitriles is 1. The summed E-state index contributed by atoms with van der Waals surface area (Å²) in [6, 6.07) is 3.56. The van der Waals surface area contributed by atoms with Gasteiger partial charge in [0.2, 0.25) is 5.91 Å². The molecule has 4 nitrogen and oxygen atoms in total. The number of nitrogens with two attached hydrogens (primary N) is 1. The minimum Gasteiger partial charge on any atom is -0.336 e. The topological polar surface area (TPSA) is 70.1 Å². The van der Waals surface area contributed by atoms with Crippen molar-refractivity contribution in [1.29, 1.82) is 5.26 Å². The Kier molecular flexibility index (Phi) is 4.30. The molecule has 1 unspecified atom stereocenters. The fourth-order valence-corrected chi connectivity index (χ4v) is 2.45. The number of nitrogens with zero attached hydrogens (tertiary/aromatic N) is 2. The molecule has 0 aliphatic carbocycles. The summed E-state index contributed by atoms with van der Waals surface area (Å²) in [7, 11) is 0. The van der Waals surface area contributed by atoms with Gasteiger partial charge in [-0.15, -0.1) is 23.7 Å². The van der Waals surface area contributed by atoms with Gasteiger partial charge in [0.1, 0.15) is 6.07 Å². The number of hydrogen-bond donors (Lipinski definition) is 1. The van der Waals surface area contributed by atoms with E-state index in [1.165, 1.54) is 11.3 Å². The highest BCUT2D eigenvalue weighted by molar-refractivity contribution is 7.10. The van der Waals surface area contributed by atoms with Gasteiger partial charge in [-0.25, -0.2) is 0 Å².